The summed E-state index contributed by atoms with van der Waals surface area (Å²) in [6.45, 7) is 5.46. The molecular formula is C10H18O2. The van der Waals surface area contributed by atoms with E-state index in [0.29, 0.717) is 6.42 Å². The largest absolute Gasteiger partial charge is 0.300 e. The summed E-state index contributed by atoms with van der Waals surface area (Å²) < 4.78 is 0. The van der Waals surface area contributed by atoms with Crippen molar-refractivity contribution in [2.75, 3.05) is 0 Å². The van der Waals surface area contributed by atoms with Gasteiger partial charge in [0.1, 0.15) is 11.6 Å². The highest BCUT2D eigenvalue weighted by atomic mass is 16.1. The minimum atomic E-state index is -0.0446. The number of Topliss-reactive ketones (excluding diaryl/α,β-unsaturated/α-hetero) is 2. The first kappa shape index (κ1) is 11.3. The standard InChI is InChI=1S/C6H10O2.C4H8/c1-3-6(8)4-5(2)7;1-4-2-3-4/h3-4H2,1-2H3;4H,2-3H2,1H3. The van der Waals surface area contributed by atoms with Crippen molar-refractivity contribution in [3.8, 4) is 0 Å². The SMILES string of the molecule is CC1CC1.CCC(=O)CC(C)=O. The van der Waals surface area contributed by atoms with Crippen LogP contribution < -0.4 is 0 Å². The third-order valence-electron chi connectivity index (χ3n) is 1.71. The molecule has 0 amide bonds. The molecule has 0 aromatic carbocycles. The van der Waals surface area contributed by atoms with Crippen molar-refractivity contribution in [3.05, 3.63) is 0 Å². The van der Waals surface area contributed by atoms with E-state index in [2.05, 4.69) is 6.92 Å². The minimum Gasteiger partial charge on any atom is -0.300 e. The Labute approximate surface area is 74.3 Å². The Balaban J connectivity index is 0.000000247. The van der Waals surface area contributed by atoms with Gasteiger partial charge in [0, 0.05) is 6.42 Å². The second kappa shape index (κ2) is 5.92. The number of hydrogen-bond acceptors (Lipinski definition) is 2. The summed E-state index contributed by atoms with van der Waals surface area (Å²) in [5.41, 5.74) is 0. The number of ketones is 2. The van der Waals surface area contributed by atoms with Crippen molar-refractivity contribution >= 4 is 11.6 Å². The second-order valence-corrected chi connectivity index (χ2v) is 3.45. The monoisotopic (exact) mass is 170 g/mol. The van der Waals surface area contributed by atoms with Crippen molar-refractivity contribution < 1.29 is 9.59 Å². The zero-order chi connectivity index (χ0) is 9.56. The van der Waals surface area contributed by atoms with E-state index in [9.17, 15) is 9.59 Å². The van der Waals surface area contributed by atoms with Crippen LogP contribution in [0.2, 0.25) is 0 Å². The molecule has 0 saturated heterocycles. The van der Waals surface area contributed by atoms with Crippen LogP contribution in [0.3, 0.4) is 0 Å². The third kappa shape index (κ3) is 9.34. The van der Waals surface area contributed by atoms with Crippen LogP contribution in [-0.4, -0.2) is 11.6 Å². The Morgan fingerprint density at radius 1 is 1.33 bits per heavy atom. The highest BCUT2D eigenvalue weighted by Gasteiger charge is 2.12. The summed E-state index contributed by atoms with van der Waals surface area (Å²) in [6.07, 6.45) is 3.55. The van der Waals surface area contributed by atoms with Crippen LogP contribution in [0.1, 0.15) is 46.5 Å². The van der Waals surface area contributed by atoms with Gasteiger partial charge in [-0.2, -0.15) is 0 Å². The van der Waals surface area contributed by atoms with Crippen LogP contribution in [0.15, 0.2) is 0 Å². The van der Waals surface area contributed by atoms with Gasteiger partial charge in [0.25, 0.3) is 0 Å². The van der Waals surface area contributed by atoms with Gasteiger partial charge < -0.3 is 0 Å². The molecule has 1 aliphatic carbocycles. The summed E-state index contributed by atoms with van der Waals surface area (Å²) in [5.74, 6) is 1.06. The number of rotatable bonds is 3. The van der Waals surface area contributed by atoms with Gasteiger partial charge in [-0.05, 0) is 12.8 Å². The molecule has 1 aliphatic rings. The molecule has 0 aromatic heterocycles. The first-order valence-corrected chi connectivity index (χ1v) is 4.57. The van der Waals surface area contributed by atoms with E-state index in [-0.39, 0.29) is 18.0 Å². The van der Waals surface area contributed by atoms with E-state index in [1.807, 2.05) is 0 Å². The van der Waals surface area contributed by atoms with Gasteiger partial charge >= 0.3 is 0 Å². The molecule has 0 radical (unpaired) electrons. The molecular weight excluding hydrogens is 152 g/mol. The lowest BCUT2D eigenvalue weighted by atomic mass is 10.2. The Kier molecular flexibility index (Phi) is 5.60. The van der Waals surface area contributed by atoms with E-state index >= 15 is 0 Å². The van der Waals surface area contributed by atoms with Gasteiger partial charge in [0.05, 0.1) is 6.42 Å². The molecule has 0 bridgehead atoms. The molecule has 0 unspecified atom stereocenters. The summed E-state index contributed by atoms with van der Waals surface area (Å²) >= 11 is 0. The fourth-order valence-electron chi connectivity index (χ4n) is 0.569. The highest BCUT2D eigenvalue weighted by Crippen LogP contribution is 2.26. The maximum Gasteiger partial charge on any atom is 0.139 e. The van der Waals surface area contributed by atoms with Gasteiger partial charge in [-0.25, -0.2) is 0 Å². The fraction of sp³-hybridized carbons (Fsp3) is 0.800. The second-order valence-electron chi connectivity index (χ2n) is 3.45. The zero-order valence-electron chi connectivity index (χ0n) is 8.22. The van der Waals surface area contributed by atoms with Crippen LogP contribution in [0.4, 0.5) is 0 Å². The molecule has 1 saturated carbocycles. The number of carbonyl (C=O) groups excluding carboxylic acids is 2. The molecule has 2 nitrogen and oxygen atoms in total. The van der Waals surface area contributed by atoms with E-state index in [4.69, 9.17) is 0 Å². The van der Waals surface area contributed by atoms with Crippen molar-refractivity contribution in [2.24, 2.45) is 5.92 Å². The maximum atomic E-state index is 10.4. The Bertz CT molecular complexity index is 157. The molecule has 0 N–H and O–H groups in total. The zero-order valence-corrected chi connectivity index (χ0v) is 8.22. The average molecular weight is 170 g/mol. The Morgan fingerprint density at radius 2 is 1.75 bits per heavy atom. The van der Waals surface area contributed by atoms with Crippen molar-refractivity contribution in [2.45, 2.75) is 46.5 Å². The predicted octanol–water partition coefficient (Wildman–Crippen LogP) is 2.36. The normalized spacial score (nSPS) is 14.6. The van der Waals surface area contributed by atoms with Crippen LogP contribution >= 0.6 is 0 Å². The molecule has 1 rings (SSSR count). The first-order valence-electron chi connectivity index (χ1n) is 4.57. The Morgan fingerprint density at radius 3 is 1.83 bits per heavy atom. The van der Waals surface area contributed by atoms with Gasteiger partial charge in [-0.15, -0.1) is 0 Å². The van der Waals surface area contributed by atoms with Crippen molar-refractivity contribution in [3.63, 3.8) is 0 Å². The number of carbonyl (C=O) groups is 2. The third-order valence-corrected chi connectivity index (χ3v) is 1.71. The Hall–Kier alpha value is -0.660. The molecule has 70 valence electrons. The molecule has 2 heteroatoms. The summed E-state index contributed by atoms with van der Waals surface area (Å²) in [5, 5.41) is 0. The van der Waals surface area contributed by atoms with Gasteiger partial charge in [0.15, 0.2) is 0 Å². The lowest BCUT2D eigenvalue weighted by Crippen LogP contribution is -2.01. The van der Waals surface area contributed by atoms with E-state index in [1.165, 1.54) is 19.8 Å². The topological polar surface area (TPSA) is 34.1 Å². The first-order chi connectivity index (χ1) is 5.56. The highest BCUT2D eigenvalue weighted by molar-refractivity contribution is 5.97. The van der Waals surface area contributed by atoms with E-state index < -0.39 is 0 Å². The maximum absolute atomic E-state index is 10.4. The number of hydrogen-bond donors (Lipinski definition) is 0. The fourth-order valence-corrected chi connectivity index (χ4v) is 0.569. The van der Waals surface area contributed by atoms with Crippen molar-refractivity contribution in [1.82, 2.24) is 0 Å². The lowest BCUT2D eigenvalue weighted by molar-refractivity contribution is -0.125. The van der Waals surface area contributed by atoms with Crippen LogP contribution in [0, 0.1) is 5.92 Å². The van der Waals surface area contributed by atoms with E-state index in [0.717, 1.165) is 5.92 Å². The van der Waals surface area contributed by atoms with Crippen LogP contribution in [-0.2, 0) is 9.59 Å². The summed E-state index contributed by atoms with van der Waals surface area (Å²) in [6, 6.07) is 0. The molecule has 1 fully saturated rings. The molecule has 0 atom stereocenters. The summed E-state index contributed by atoms with van der Waals surface area (Å²) in [4.78, 5) is 20.6. The molecule has 0 aliphatic heterocycles. The van der Waals surface area contributed by atoms with Gasteiger partial charge in [-0.3, -0.25) is 9.59 Å². The van der Waals surface area contributed by atoms with Crippen LogP contribution in [0.25, 0.3) is 0 Å². The molecule has 0 spiro atoms. The molecule has 12 heavy (non-hydrogen) atoms. The lowest BCUT2D eigenvalue weighted by Gasteiger charge is -1.87. The summed E-state index contributed by atoms with van der Waals surface area (Å²) in [7, 11) is 0. The smallest absolute Gasteiger partial charge is 0.139 e. The quantitative estimate of drug-likeness (QED) is 0.609. The molecule has 0 aromatic rings. The van der Waals surface area contributed by atoms with Gasteiger partial charge in [-0.1, -0.05) is 26.7 Å². The van der Waals surface area contributed by atoms with Gasteiger partial charge in [0.2, 0.25) is 0 Å². The predicted molar refractivity (Wildman–Crippen MR) is 49.0 cm³/mol. The average Bonchev–Trinajstić information content (AvgIpc) is 2.71. The molecule has 0 heterocycles. The minimum absolute atomic E-state index is 0.0255. The van der Waals surface area contributed by atoms with Crippen LogP contribution in [0.5, 0.6) is 0 Å². The van der Waals surface area contributed by atoms with E-state index in [1.54, 1.807) is 6.92 Å². The van der Waals surface area contributed by atoms with Crippen molar-refractivity contribution in [1.29, 1.82) is 0 Å².